The molecule has 1 aliphatic heterocycles. The third kappa shape index (κ3) is 8.23. The summed E-state index contributed by atoms with van der Waals surface area (Å²) in [5, 5.41) is 2.63. The standard InChI is InChI=1S/C31H34F3N5O4S/c1-2-28(40)37-29-24(22-7-4-8-23(32)18-22)9-5-11-26(29)44(42,43)38-25(10-3-6-20-12-13-27(35)36-19-20)31(41)39-16-14-21(15-17-39)30(33)34/h4-5,7-9,11-13,18-19,25,38H,2-3,6,10,14-17H2,1H3,(H2,35,36)(H,37,40)/t25-/m0/s1. The number of aromatic nitrogens is 1. The van der Waals surface area contributed by atoms with E-state index in [0.717, 1.165) is 5.56 Å². The number of nitrogen functional groups attached to an aromatic ring is 1. The van der Waals surface area contributed by atoms with Crippen LogP contribution in [-0.2, 0) is 26.0 Å². The van der Waals surface area contributed by atoms with Crippen LogP contribution in [0.4, 0.5) is 24.7 Å². The van der Waals surface area contributed by atoms with Crippen LogP contribution in [0.1, 0.15) is 44.6 Å². The molecule has 2 heterocycles. The molecule has 13 heteroatoms. The van der Waals surface area contributed by atoms with E-state index >= 15 is 0 Å². The lowest BCUT2D eigenvalue weighted by Crippen LogP contribution is -2.50. The Balaban J connectivity index is 1.66. The number of pyridine rings is 1. The number of nitrogens with two attached hydrogens (primary N) is 1. The topological polar surface area (TPSA) is 134 Å². The van der Waals surface area contributed by atoms with E-state index in [1.807, 2.05) is 0 Å². The first-order chi connectivity index (χ1) is 21.0. The number of likely N-dealkylation sites (tertiary alicyclic amines) is 1. The summed E-state index contributed by atoms with van der Waals surface area (Å²) in [7, 11) is -4.46. The Morgan fingerprint density at radius 3 is 2.43 bits per heavy atom. The van der Waals surface area contributed by atoms with Gasteiger partial charge in [0.25, 0.3) is 6.08 Å². The van der Waals surface area contributed by atoms with Crippen LogP contribution in [0.3, 0.4) is 0 Å². The molecule has 0 radical (unpaired) electrons. The van der Waals surface area contributed by atoms with Crippen LogP contribution >= 0.6 is 0 Å². The molecule has 1 aromatic heterocycles. The lowest BCUT2D eigenvalue weighted by molar-refractivity contribution is -0.133. The molecule has 0 unspecified atom stereocenters. The van der Waals surface area contributed by atoms with Gasteiger partial charge in [-0.2, -0.15) is 13.5 Å². The minimum atomic E-state index is -4.46. The highest BCUT2D eigenvalue weighted by Crippen LogP contribution is 2.34. The van der Waals surface area contributed by atoms with Gasteiger partial charge in [0.05, 0.1) is 5.69 Å². The number of sulfonamides is 1. The summed E-state index contributed by atoms with van der Waals surface area (Å²) in [4.78, 5) is 31.3. The van der Waals surface area contributed by atoms with Crippen LogP contribution < -0.4 is 15.8 Å². The van der Waals surface area contributed by atoms with Crippen molar-refractivity contribution in [1.82, 2.24) is 14.6 Å². The van der Waals surface area contributed by atoms with E-state index in [-0.39, 0.29) is 60.5 Å². The largest absolute Gasteiger partial charge is 0.384 e. The maximum absolute atomic E-state index is 14.1. The third-order valence-corrected chi connectivity index (χ3v) is 8.90. The van der Waals surface area contributed by atoms with Crippen LogP contribution in [0.2, 0.25) is 0 Å². The smallest absolute Gasteiger partial charge is 0.269 e. The fourth-order valence-electron chi connectivity index (χ4n) is 4.99. The number of hydrogen-bond acceptors (Lipinski definition) is 6. The number of hydrogen-bond donors (Lipinski definition) is 3. The molecule has 1 aliphatic rings. The monoisotopic (exact) mass is 629 g/mol. The van der Waals surface area contributed by atoms with Gasteiger partial charge in [-0.05, 0) is 73.1 Å². The van der Waals surface area contributed by atoms with Gasteiger partial charge in [-0.1, -0.05) is 37.3 Å². The first kappa shape index (κ1) is 32.7. The number of nitrogens with one attached hydrogen (secondary N) is 2. The Kier molecular flexibility index (Phi) is 10.8. The molecule has 2 aromatic carbocycles. The number of para-hydroxylation sites is 1. The van der Waals surface area contributed by atoms with E-state index in [2.05, 4.69) is 15.0 Å². The Labute approximate surface area is 254 Å². The highest BCUT2D eigenvalue weighted by atomic mass is 32.2. The molecule has 1 atom stereocenters. The van der Waals surface area contributed by atoms with E-state index in [0.29, 0.717) is 24.2 Å². The summed E-state index contributed by atoms with van der Waals surface area (Å²) in [6, 6.07) is 12.0. The molecule has 44 heavy (non-hydrogen) atoms. The molecule has 4 rings (SSSR count). The predicted octanol–water partition coefficient (Wildman–Crippen LogP) is 5.26. The number of benzene rings is 2. The summed E-state index contributed by atoms with van der Waals surface area (Å²) < 4.78 is 70.8. The van der Waals surface area contributed by atoms with Crippen molar-refractivity contribution in [2.45, 2.75) is 56.4 Å². The third-order valence-electron chi connectivity index (χ3n) is 7.38. The molecule has 1 saturated heterocycles. The lowest BCUT2D eigenvalue weighted by Gasteiger charge is -2.31. The summed E-state index contributed by atoms with van der Waals surface area (Å²) in [6.07, 6.45) is 0.848. The van der Waals surface area contributed by atoms with Gasteiger partial charge >= 0.3 is 0 Å². The van der Waals surface area contributed by atoms with Crippen molar-refractivity contribution in [2.24, 2.45) is 0 Å². The van der Waals surface area contributed by atoms with Crippen molar-refractivity contribution in [1.29, 1.82) is 0 Å². The number of carbonyl (C=O) groups is 2. The quantitative estimate of drug-likeness (QED) is 0.265. The van der Waals surface area contributed by atoms with E-state index in [4.69, 9.17) is 5.73 Å². The fourth-order valence-corrected chi connectivity index (χ4v) is 6.40. The van der Waals surface area contributed by atoms with Crippen molar-refractivity contribution in [3.8, 4) is 11.1 Å². The van der Waals surface area contributed by atoms with E-state index < -0.39 is 39.8 Å². The van der Waals surface area contributed by atoms with Gasteiger partial charge in [-0.15, -0.1) is 0 Å². The van der Waals surface area contributed by atoms with Crippen molar-refractivity contribution in [3.63, 3.8) is 0 Å². The molecule has 0 saturated carbocycles. The van der Waals surface area contributed by atoms with Gasteiger partial charge in [0.15, 0.2) is 0 Å². The molecule has 0 aliphatic carbocycles. The second-order valence-corrected chi connectivity index (χ2v) is 12.1. The molecule has 3 aromatic rings. The molecule has 2 amide bonds. The number of rotatable bonds is 11. The van der Waals surface area contributed by atoms with Gasteiger partial charge in [0.2, 0.25) is 21.8 Å². The average molecular weight is 630 g/mol. The van der Waals surface area contributed by atoms with Crippen molar-refractivity contribution in [3.05, 3.63) is 83.8 Å². The van der Waals surface area contributed by atoms with Crippen LogP contribution in [0, 0.1) is 5.82 Å². The van der Waals surface area contributed by atoms with Crippen LogP contribution in [0.5, 0.6) is 0 Å². The second-order valence-electron chi connectivity index (χ2n) is 10.4. The second kappa shape index (κ2) is 14.5. The normalized spacial score (nSPS) is 14.3. The maximum Gasteiger partial charge on any atom is 0.269 e. The molecular formula is C31H34F3N5O4S. The highest BCUT2D eigenvalue weighted by molar-refractivity contribution is 7.89. The molecule has 9 nitrogen and oxygen atoms in total. The molecule has 1 fully saturated rings. The summed E-state index contributed by atoms with van der Waals surface area (Å²) >= 11 is 0. The Bertz CT molecular complexity index is 1630. The van der Waals surface area contributed by atoms with Gasteiger partial charge in [-0.3, -0.25) is 9.59 Å². The zero-order valence-corrected chi connectivity index (χ0v) is 25.0. The Morgan fingerprint density at radius 2 is 1.80 bits per heavy atom. The van der Waals surface area contributed by atoms with E-state index in [1.54, 1.807) is 37.4 Å². The van der Waals surface area contributed by atoms with Gasteiger partial charge in [-0.25, -0.2) is 17.8 Å². The first-order valence-corrected chi connectivity index (χ1v) is 15.7. The van der Waals surface area contributed by atoms with Crippen LogP contribution in [0.25, 0.3) is 11.1 Å². The van der Waals surface area contributed by atoms with E-state index in [1.165, 1.54) is 35.2 Å². The number of carbonyl (C=O) groups excluding carboxylic acids is 2. The highest BCUT2D eigenvalue weighted by Gasteiger charge is 2.32. The average Bonchev–Trinajstić information content (AvgIpc) is 3.01. The summed E-state index contributed by atoms with van der Waals surface area (Å²) in [5.74, 6) is -1.20. The first-order valence-electron chi connectivity index (χ1n) is 14.2. The van der Waals surface area contributed by atoms with Crippen molar-refractivity contribution >= 4 is 33.3 Å². The van der Waals surface area contributed by atoms with Gasteiger partial charge < -0.3 is 16.0 Å². The molecular weight excluding hydrogens is 595 g/mol. The fraction of sp³-hybridized carbons (Fsp3) is 0.323. The molecule has 234 valence electrons. The number of aryl methyl sites for hydroxylation is 1. The van der Waals surface area contributed by atoms with Crippen molar-refractivity contribution in [2.75, 3.05) is 24.1 Å². The number of halogens is 3. The van der Waals surface area contributed by atoms with E-state index in [9.17, 15) is 31.2 Å². The minimum absolute atomic E-state index is 0.00642. The number of anilines is 2. The van der Waals surface area contributed by atoms with Crippen LogP contribution in [-0.4, -0.2) is 49.2 Å². The molecule has 0 bridgehead atoms. The van der Waals surface area contributed by atoms with Gasteiger partial charge in [0, 0.05) is 31.3 Å². The predicted molar refractivity (Wildman–Crippen MR) is 162 cm³/mol. The van der Waals surface area contributed by atoms with Crippen molar-refractivity contribution < 1.29 is 31.2 Å². The number of nitrogens with zero attached hydrogens (tertiary/aromatic N) is 2. The molecule has 0 spiro atoms. The number of piperidine rings is 1. The summed E-state index contributed by atoms with van der Waals surface area (Å²) in [5.41, 5.74) is 7.04. The Morgan fingerprint density at radius 1 is 1.07 bits per heavy atom. The zero-order chi connectivity index (χ0) is 31.9. The SMILES string of the molecule is CCC(=O)Nc1c(-c2cccc(F)c2)cccc1S(=O)(=O)N[C@@H](CCCc1ccc(N)nc1)C(=O)N1CCC(=C(F)F)CC1. The summed E-state index contributed by atoms with van der Waals surface area (Å²) in [6.45, 7) is 1.66. The Hall–Kier alpha value is -4.23. The van der Waals surface area contributed by atoms with Gasteiger partial charge in [0.1, 0.15) is 22.6 Å². The lowest BCUT2D eigenvalue weighted by atomic mass is 10.0. The van der Waals surface area contributed by atoms with Crippen LogP contribution in [0.15, 0.2) is 77.3 Å². The minimum Gasteiger partial charge on any atom is -0.384 e. The number of amides is 2. The molecule has 4 N–H and O–H groups in total. The zero-order valence-electron chi connectivity index (χ0n) is 24.2. The maximum atomic E-state index is 14.1.